The molecule has 9 heavy (non-hydrogen) atoms. The van der Waals surface area contributed by atoms with E-state index < -0.39 is 0 Å². The Balaban J connectivity index is 3.06. The SMILES string of the molecule is CC(C)CC[C@@H](N)C[OH2+]. The predicted molar refractivity (Wildman–Crippen MR) is 40.5 cm³/mol. The fourth-order valence-electron chi connectivity index (χ4n) is 0.649. The summed E-state index contributed by atoms with van der Waals surface area (Å²) in [4.78, 5) is 0. The van der Waals surface area contributed by atoms with Crippen molar-refractivity contribution in [2.45, 2.75) is 32.7 Å². The van der Waals surface area contributed by atoms with Crippen molar-refractivity contribution in [2.75, 3.05) is 6.61 Å². The first-order valence-corrected chi connectivity index (χ1v) is 3.57. The Kier molecular flexibility index (Phi) is 4.72. The van der Waals surface area contributed by atoms with Crippen LogP contribution in [0.1, 0.15) is 26.7 Å². The van der Waals surface area contributed by atoms with Gasteiger partial charge in [0.2, 0.25) is 0 Å². The molecule has 56 valence electrons. The van der Waals surface area contributed by atoms with Crippen molar-refractivity contribution in [1.82, 2.24) is 0 Å². The van der Waals surface area contributed by atoms with E-state index in [1.807, 2.05) is 0 Å². The van der Waals surface area contributed by atoms with Crippen LogP contribution in [0.25, 0.3) is 0 Å². The molecule has 0 aliphatic rings. The molecule has 0 aromatic heterocycles. The molecule has 2 heteroatoms. The zero-order valence-corrected chi connectivity index (χ0v) is 6.35. The quantitative estimate of drug-likeness (QED) is 0.555. The van der Waals surface area contributed by atoms with E-state index in [2.05, 4.69) is 13.8 Å². The maximum absolute atomic E-state index is 6.93. The van der Waals surface area contributed by atoms with E-state index in [0.717, 1.165) is 18.8 Å². The third-order valence-electron chi connectivity index (χ3n) is 1.38. The third kappa shape index (κ3) is 5.80. The highest BCUT2D eigenvalue weighted by atomic mass is 16.3. The Hall–Kier alpha value is -0.0800. The lowest BCUT2D eigenvalue weighted by Gasteiger charge is -2.06. The normalized spacial score (nSPS) is 14.3. The summed E-state index contributed by atoms with van der Waals surface area (Å²) in [5.74, 6) is 0.725. The molecule has 0 aliphatic carbocycles. The molecule has 0 fully saturated rings. The van der Waals surface area contributed by atoms with Crippen LogP contribution in [-0.2, 0) is 0 Å². The van der Waals surface area contributed by atoms with E-state index in [9.17, 15) is 0 Å². The van der Waals surface area contributed by atoms with Gasteiger partial charge in [0.25, 0.3) is 0 Å². The van der Waals surface area contributed by atoms with Crippen LogP contribution in [0.5, 0.6) is 0 Å². The summed E-state index contributed by atoms with van der Waals surface area (Å²) in [5.41, 5.74) is 5.53. The van der Waals surface area contributed by atoms with Crippen LogP contribution >= 0.6 is 0 Å². The fraction of sp³-hybridized carbons (Fsp3) is 1.00. The second kappa shape index (κ2) is 4.77. The first kappa shape index (κ1) is 8.92. The number of hydrogen-bond acceptors (Lipinski definition) is 1. The molecule has 0 bridgehead atoms. The van der Waals surface area contributed by atoms with Gasteiger partial charge in [0.05, 0.1) is 6.04 Å². The lowest BCUT2D eigenvalue weighted by Crippen LogP contribution is -2.24. The van der Waals surface area contributed by atoms with E-state index in [-0.39, 0.29) is 6.04 Å². The molecule has 2 nitrogen and oxygen atoms in total. The predicted octanol–water partition coefficient (Wildman–Crippen LogP) is 0.474. The number of nitrogens with two attached hydrogens (primary N) is 1. The van der Waals surface area contributed by atoms with Gasteiger partial charge in [-0.3, -0.25) is 0 Å². The van der Waals surface area contributed by atoms with E-state index in [4.69, 9.17) is 10.8 Å². The molecule has 0 amide bonds. The van der Waals surface area contributed by atoms with Crippen molar-refractivity contribution in [3.8, 4) is 0 Å². The first-order valence-electron chi connectivity index (χ1n) is 3.57. The molecule has 0 aromatic carbocycles. The molecule has 0 unspecified atom stereocenters. The summed E-state index contributed by atoms with van der Waals surface area (Å²) in [7, 11) is 0. The third-order valence-corrected chi connectivity index (χ3v) is 1.38. The van der Waals surface area contributed by atoms with E-state index in [1.165, 1.54) is 0 Å². The molecule has 0 radical (unpaired) electrons. The highest BCUT2D eigenvalue weighted by molar-refractivity contribution is 4.59. The summed E-state index contributed by atoms with van der Waals surface area (Å²) >= 11 is 0. The van der Waals surface area contributed by atoms with Crippen molar-refractivity contribution >= 4 is 0 Å². The molecule has 0 saturated carbocycles. The minimum Gasteiger partial charge on any atom is -0.444 e. The summed E-state index contributed by atoms with van der Waals surface area (Å²) in [6.07, 6.45) is 2.15. The number of rotatable bonds is 4. The lowest BCUT2D eigenvalue weighted by atomic mass is 10.0. The topological polar surface area (TPSA) is 48.9 Å². The molecular weight excluding hydrogens is 114 g/mol. The van der Waals surface area contributed by atoms with E-state index >= 15 is 0 Å². The Morgan fingerprint density at radius 3 is 2.22 bits per heavy atom. The van der Waals surface area contributed by atoms with Crippen molar-refractivity contribution in [3.63, 3.8) is 0 Å². The van der Waals surface area contributed by atoms with Gasteiger partial charge in [0.1, 0.15) is 0 Å². The molecule has 0 saturated heterocycles. The molecule has 1 atom stereocenters. The smallest absolute Gasteiger partial charge is 0.159 e. The highest BCUT2D eigenvalue weighted by Gasteiger charge is 2.03. The van der Waals surface area contributed by atoms with Gasteiger partial charge in [-0.2, -0.15) is 0 Å². The minimum atomic E-state index is 0.104. The van der Waals surface area contributed by atoms with Gasteiger partial charge < -0.3 is 10.8 Å². The second-order valence-electron chi connectivity index (χ2n) is 2.94. The molecule has 0 aromatic rings. The van der Waals surface area contributed by atoms with Gasteiger partial charge in [-0.15, -0.1) is 0 Å². The molecule has 4 N–H and O–H groups in total. The van der Waals surface area contributed by atoms with Crippen LogP contribution in [0.15, 0.2) is 0 Å². The van der Waals surface area contributed by atoms with Crippen molar-refractivity contribution in [3.05, 3.63) is 0 Å². The summed E-state index contributed by atoms with van der Waals surface area (Å²) < 4.78 is 0. The van der Waals surface area contributed by atoms with Gasteiger partial charge in [0, 0.05) is 0 Å². The minimum absolute atomic E-state index is 0.104. The van der Waals surface area contributed by atoms with Crippen LogP contribution in [0.4, 0.5) is 0 Å². The summed E-state index contributed by atoms with van der Waals surface area (Å²) in [6, 6.07) is 0.104. The Morgan fingerprint density at radius 1 is 1.33 bits per heavy atom. The van der Waals surface area contributed by atoms with Gasteiger partial charge in [0.15, 0.2) is 6.61 Å². The maximum atomic E-state index is 6.93. The molecule has 0 spiro atoms. The van der Waals surface area contributed by atoms with Gasteiger partial charge >= 0.3 is 0 Å². The average Bonchev–Trinajstić information content (AvgIpc) is 1.83. The Bertz CT molecular complexity index is 63.9. The first-order chi connectivity index (χ1) is 4.16. The second-order valence-corrected chi connectivity index (χ2v) is 2.94. The largest absolute Gasteiger partial charge is 0.444 e. The standard InChI is InChI=1S/C7H17NO/c1-6(2)3-4-7(8)5-9/h6-7,9H,3-5,8H2,1-2H3/p+1/t7-/m1/s1. The van der Waals surface area contributed by atoms with Crippen LogP contribution in [0, 0.1) is 5.92 Å². The Labute approximate surface area is 57.1 Å². The van der Waals surface area contributed by atoms with Gasteiger partial charge in [-0.1, -0.05) is 13.8 Å². The average molecular weight is 132 g/mol. The van der Waals surface area contributed by atoms with E-state index in [1.54, 1.807) is 0 Å². The molecular formula is C7H18NO+. The zero-order chi connectivity index (χ0) is 7.28. The molecule has 0 rings (SSSR count). The van der Waals surface area contributed by atoms with E-state index in [0.29, 0.717) is 6.61 Å². The molecule has 0 heterocycles. The van der Waals surface area contributed by atoms with Crippen LogP contribution in [0.3, 0.4) is 0 Å². The van der Waals surface area contributed by atoms with Gasteiger partial charge in [-0.25, -0.2) is 0 Å². The maximum Gasteiger partial charge on any atom is 0.159 e. The highest BCUT2D eigenvalue weighted by Crippen LogP contribution is 2.04. The summed E-state index contributed by atoms with van der Waals surface area (Å²) in [6.45, 7) is 4.72. The lowest BCUT2D eigenvalue weighted by molar-refractivity contribution is 0.254. The monoisotopic (exact) mass is 132 g/mol. The van der Waals surface area contributed by atoms with Crippen LogP contribution in [-0.4, -0.2) is 17.8 Å². The van der Waals surface area contributed by atoms with Crippen LogP contribution < -0.4 is 5.73 Å². The summed E-state index contributed by atoms with van der Waals surface area (Å²) in [5, 5.41) is 6.93. The van der Waals surface area contributed by atoms with Crippen molar-refractivity contribution < 1.29 is 5.11 Å². The van der Waals surface area contributed by atoms with Crippen molar-refractivity contribution in [1.29, 1.82) is 0 Å². The van der Waals surface area contributed by atoms with Crippen LogP contribution in [0.2, 0.25) is 0 Å². The van der Waals surface area contributed by atoms with Crippen molar-refractivity contribution in [2.24, 2.45) is 11.7 Å². The number of hydrogen-bond donors (Lipinski definition) is 1. The molecule has 0 aliphatic heterocycles. The van der Waals surface area contributed by atoms with Gasteiger partial charge in [-0.05, 0) is 18.8 Å². The fourth-order valence-corrected chi connectivity index (χ4v) is 0.649. The zero-order valence-electron chi connectivity index (χ0n) is 6.35. The Morgan fingerprint density at radius 2 is 1.89 bits per heavy atom.